The molecule has 0 aliphatic carbocycles. The van der Waals surface area contributed by atoms with Crippen LogP contribution >= 0.6 is 0 Å². The third kappa shape index (κ3) is 4.08. The number of H-pyrrole nitrogens is 1. The third-order valence-electron chi connectivity index (χ3n) is 5.59. The van der Waals surface area contributed by atoms with Crippen LogP contribution in [0.2, 0.25) is 0 Å². The number of hydrogen-bond acceptors (Lipinski definition) is 4. The van der Waals surface area contributed by atoms with Gasteiger partial charge in [0.15, 0.2) is 5.82 Å². The van der Waals surface area contributed by atoms with Crippen molar-refractivity contribution in [1.82, 2.24) is 14.5 Å². The van der Waals surface area contributed by atoms with Crippen molar-refractivity contribution < 1.29 is 9.50 Å². The highest BCUT2D eigenvalue weighted by molar-refractivity contribution is 5.63. The Bertz CT molecular complexity index is 1460. The zero-order chi connectivity index (χ0) is 22.9. The Morgan fingerprint density at radius 1 is 0.970 bits per heavy atom. The maximum absolute atomic E-state index is 14.1. The number of hydrogen-bond donors (Lipinski definition) is 3. The number of nitrogens with two attached hydrogens (primary N) is 1. The lowest BCUT2D eigenvalue weighted by molar-refractivity contribution is 0.475. The normalized spacial score (nSPS) is 11.2. The van der Waals surface area contributed by atoms with Crippen molar-refractivity contribution in [3.63, 3.8) is 0 Å². The molecule has 0 aromatic heterocycles. The molecular formula is C26H21FN4O2. The van der Waals surface area contributed by atoms with Crippen LogP contribution in [0.1, 0.15) is 22.5 Å². The molecule has 0 amide bonds. The molecule has 0 saturated heterocycles. The highest BCUT2D eigenvalue weighted by Gasteiger charge is 2.20. The van der Waals surface area contributed by atoms with E-state index in [1.807, 2.05) is 30.3 Å². The summed E-state index contributed by atoms with van der Waals surface area (Å²) in [6.07, 6.45) is 2.49. The van der Waals surface area contributed by atoms with Crippen LogP contribution in [-0.2, 0) is 12.8 Å². The van der Waals surface area contributed by atoms with E-state index in [0.29, 0.717) is 35.6 Å². The van der Waals surface area contributed by atoms with E-state index in [4.69, 9.17) is 5.73 Å². The predicted octanol–water partition coefficient (Wildman–Crippen LogP) is 4.27. The molecule has 0 atom stereocenters. The second-order valence-electron chi connectivity index (χ2n) is 7.95. The predicted molar refractivity (Wildman–Crippen MR) is 125 cm³/mol. The monoisotopic (exact) mass is 440 g/mol. The second kappa shape index (κ2) is 8.27. The van der Waals surface area contributed by atoms with Crippen molar-refractivity contribution in [2.24, 2.45) is 0 Å². The molecule has 3 aromatic carbocycles. The molecular weight excluding hydrogens is 419 g/mol. The number of nitrogen functional groups attached to an aromatic ring is 1. The zero-order valence-corrected chi connectivity index (χ0v) is 17.6. The third-order valence-corrected chi connectivity index (χ3v) is 5.59. The van der Waals surface area contributed by atoms with Crippen LogP contribution < -0.4 is 11.3 Å². The van der Waals surface area contributed by atoms with Gasteiger partial charge in [0.2, 0.25) is 0 Å². The summed E-state index contributed by atoms with van der Waals surface area (Å²) in [5.74, 6) is 0.167. The molecule has 0 spiro atoms. The van der Waals surface area contributed by atoms with E-state index >= 15 is 0 Å². The van der Waals surface area contributed by atoms with Crippen molar-refractivity contribution in [1.29, 1.82) is 0 Å². The van der Waals surface area contributed by atoms with E-state index in [-0.39, 0.29) is 17.0 Å². The number of benzene rings is 3. The fourth-order valence-corrected chi connectivity index (χ4v) is 3.86. The van der Waals surface area contributed by atoms with Gasteiger partial charge in [-0.05, 0) is 35.4 Å². The van der Waals surface area contributed by atoms with Crippen LogP contribution in [-0.4, -0.2) is 19.6 Å². The highest BCUT2D eigenvalue weighted by Crippen LogP contribution is 2.26. The van der Waals surface area contributed by atoms with Crippen LogP contribution in [0, 0.1) is 5.82 Å². The average Bonchev–Trinajstić information content (AvgIpc) is 3.13. The minimum absolute atomic E-state index is 0.0627. The summed E-state index contributed by atoms with van der Waals surface area (Å²) in [6.45, 7) is 0. The lowest BCUT2D eigenvalue weighted by Gasteiger charge is -2.13. The van der Waals surface area contributed by atoms with Crippen LogP contribution in [0.15, 0.2) is 83.8 Å². The number of phenols is 1. The highest BCUT2D eigenvalue weighted by atomic mass is 19.1. The summed E-state index contributed by atoms with van der Waals surface area (Å²) in [5, 5.41) is 9.52. The van der Waals surface area contributed by atoms with E-state index in [1.54, 1.807) is 36.5 Å². The number of rotatable bonds is 5. The number of aromatic nitrogens is 3. The van der Waals surface area contributed by atoms with Gasteiger partial charge in [-0.2, -0.15) is 0 Å². The number of phenolic OH excluding ortho intramolecular Hbond substituents is 1. The molecule has 0 unspecified atom stereocenters. The molecule has 3 aromatic rings. The lowest BCUT2D eigenvalue weighted by atomic mass is 10.1. The van der Waals surface area contributed by atoms with Crippen molar-refractivity contribution in [3.05, 3.63) is 118 Å². The largest absolute Gasteiger partial charge is 0.508 e. The number of aromatic amines is 1. The Kier molecular flexibility index (Phi) is 5.14. The number of nitrogens with one attached hydrogen (secondary N) is 1. The first-order valence-electron chi connectivity index (χ1n) is 10.5. The quantitative estimate of drug-likeness (QED) is 0.356. The lowest BCUT2D eigenvalue weighted by Crippen LogP contribution is -2.17. The summed E-state index contributed by atoms with van der Waals surface area (Å²) in [4.78, 5) is 21.3. The Hall–Kier alpha value is -4.39. The molecule has 164 valence electrons. The van der Waals surface area contributed by atoms with Gasteiger partial charge in [0.25, 0.3) is 5.56 Å². The fourth-order valence-electron chi connectivity index (χ4n) is 3.86. The number of aromatic hydroxyl groups is 1. The molecule has 0 fully saturated rings. The molecule has 2 aliphatic heterocycles. The SMILES string of the molecule is Nc1ccc(-c2cn3c(=O)c(Cc4ccc(O)cc4)nc-3c(Cc3ccccc3)[nH]2)cc1F. The van der Waals surface area contributed by atoms with Crippen LogP contribution in [0.4, 0.5) is 10.1 Å². The number of halogens is 1. The van der Waals surface area contributed by atoms with Gasteiger partial charge in [-0.15, -0.1) is 0 Å². The summed E-state index contributed by atoms with van der Waals surface area (Å²) in [7, 11) is 0. The van der Waals surface area contributed by atoms with Crippen LogP contribution in [0.5, 0.6) is 5.75 Å². The summed E-state index contributed by atoms with van der Waals surface area (Å²) in [5.41, 5.74) is 9.66. The molecule has 6 nitrogen and oxygen atoms in total. The number of nitrogens with zero attached hydrogens (tertiary/aromatic N) is 2. The topological polar surface area (TPSA) is 96.9 Å². The van der Waals surface area contributed by atoms with E-state index in [0.717, 1.165) is 16.8 Å². The second-order valence-corrected chi connectivity index (χ2v) is 7.95. The van der Waals surface area contributed by atoms with Gasteiger partial charge >= 0.3 is 0 Å². The van der Waals surface area contributed by atoms with Crippen molar-refractivity contribution in [2.45, 2.75) is 12.8 Å². The van der Waals surface area contributed by atoms with Gasteiger partial charge in [-0.25, -0.2) is 9.37 Å². The molecule has 5 rings (SSSR count). The van der Waals surface area contributed by atoms with Gasteiger partial charge in [0.05, 0.1) is 17.1 Å². The summed E-state index contributed by atoms with van der Waals surface area (Å²) >= 11 is 0. The van der Waals surface area contributed by atoms with Crippen LogP contribution in [0.3, 0.4) is 0 Å². The molecule has 0 bridgehead atoms. The van der Waals surface area contributed by atoms with E-state index in [9.17, 15) is 14.3 Å². The van der Waals surface area contributed by atoms with Gasteiger partial charge in [-0.1, -0.05) is 48.5 Å². The van der Waals surface area contributed by atoms with Crippen molar-refractivity contribution in [3.8, 4) is 22.8 Å². The fraction of sp³-hybridized carbons (Fsp3) is 0.0769. The van der Waals surface area contributed by atoms with Gasteiger partial charge < -0.3 is 15.8 Å². The summed E-state index contributed by atoms with van der Waals surface area (Å²) in [6, 6.07) is 21.1. The van der Waals surface area contributed by atoms with E-state index in [2.05, 4.69) is 9.97 Å². The number of anilines is 1. The van der Waals surface area contributed by atoms with Gasteiger partial charge in [-0.3, -0.25) is 9.36 Å². The Morgan fingerprint density at radius 3 is 2.42 bits per heavy atom. The first-order valence-corrected chi connectivity index (χ1v) is 10.5. The zero-order valence-electron chi connectivity index (χ0n) is 17.6. The van der Waals surface area contributed by atoms with Crippen LogP contribution in [0.25, 0.3) is 17.1 Å². The Balaban J connectivity index is 1.65. The summed E-state index contributed by atoms with van der Waals surface area (Å²) < 4.78 is 15.7. The molecule has 0 saturated carbocycles. The van der Waals surface area contributed by atoms with Gasteiger partial charge in [0.1, 0.15) is 17.3 Å². The van der Waals surface area contributed by atoms with Crippen molar-refractivity contribution in [2.75, 3.05) is 5.73 Å². The Morgan fingerprint density at radius 2 is 1.70 bits per heavy atom. The minimum Gasteiger partial charge on any atom is -0.508 e. The molecule has 7 heteroatoms. The molecule has 2 heterocycles. The smallest absolute Gasteiger partial charge is 0.278 e. The van der Waals surface area contributed by atoms with E-state index in [1.165, 1.54) is 16.7 Å². The first-order chi connectivity index (χ1) is 16.0. The maximum atomic E-state index is 14.1. The standard InChI is InChI=1S/C26H21FN4O2/c27-20-14-18(8-11-21(20)28)24-15-31-25(22(29-24)12-16-4-2-1-3-5-16)30-23(26(31)33)13-17-6-9-19(32)10-7-17/h1-11,14-15,29,32H,12-13,28H2. The molecule has 0 radical (unpaired) electrons. The molecule has 2 aliphatic rings. The van der Waals surface area contributed by atoms with Gasteiger partial charge in [0, 0.05) is 24.6 Å². The molecule has 4 N–H and O–H groups in total. The van der Waals surface area contributed by atoms with Crippen molar-refractivity contribution >= 4 is 5.69 Å². The van der Waals surface area contributed by atoms with E-state index < -0.39 is 5.82 Å². The first kappa shape index (κ1) is 20.5. The molecule has 33 heavy (non-hydrogen) atoms. The Labute approximate surface area is 189 Å². The number of fused-ring (bicyclic) bond motifs is 1. The average molecular weight is 440 g/mol. The minimum atomic E-state index is -0.522. The maximum Gasteiger partial charge on any atom is 0.278 e. The number of imidazole rings is 1.